The van der Waals surface area contributed by atoms with Gasteiger partial charge in [0.2, 0.25) is 0 Å². The molecule has 1 saturated heterocycles. The number of halogens is 4. The third-order valence-electron chi connectivity index (χ3n) is 4.22. The van der Waals surface area contributed by atoms with E-state index in [0.29, 0.717) is 16.6 Å². The van der Waals surface area contributed by atoms with Gasteiger partial charge < -0.3 is 10.6 Å². The van der Waals surface area contributed by atoms with Crippen LogP contribution in [0, 0.1) is 0 Å². The fraction of sp³-hybridized carbons (Fsp3) is 0.625. The number of hydrogen-bond donors (Lipinski definition) is 2. The SMILES string of the molecule is CC(F)(F)CNCC[C@]1(c2ccc(Cl)c(Cl)c2)CCCNC1. The molecule has 1 atom stereocenters. The van der Waals surface area contributed by atoms with Crippen LogP contribution >= 0.6 is 23.2 Å². The molecule has 124 valence electrons. The first-order valence-electron chi connectivity index (χ1n) is 7.57. The first kappa shape index (κ1) is 17.9. The zero-order valence-corrected chi connectivity index (χ0v) is 14.2. The van der Waals surface area contributed by atoms with Crippen LogP contribution in [0.5, 0.6) is 0 Å². The van der Waals surface area contributed by atoms with Crippen LogP contribution in [0.3, 0.4) is 0 Å². The van der Waals surface area contributed by atoms with Crippen LogP contribution in [-0.2, 0) is 5.41 Å². The quantitative estimate of drug-likeness (QED) is 0.749. The van der Waals surface area contributed by atoms with Crippen LogP contribution in [-0.4, -0.2) is 32.1 Å². The summed E-state index contributed by atoms with van der Waals surface area (Å²) < 4.78 is 25.8. The molecule has 1 aromatic carbocycles. The second-order valence-corrected chi connectivity index (χ2v) is 7.00. The Morgan fingerprint density at radius 1 is 1.32 bits per heavy atom. The summed E-state index contributed by atoms with van der Waals surface area (Å²) in [6.07, 6.45) is 2.86. The van der Waals surface area contributed by atoms with E-state index in [-0.39, 0.29) is 12.0 Å². The van der Waals surface area contributed by atoms with Gasteiger partial charge in [-0.05, 0) is 50.0 Å². The zero-order valence-electron chi connectivity index (χ0n) is 12.7. The van der Waals surface area contributed by atoms with Gasteiger partial charge in [-0.3, -0.25) is 0 Å². The second-order valence-electron chi connectivity index (χ2n) is 6.19. The van der Waals surface area contributed by atoms with Crippen molar-refractivity contribution in [1.29, 1.82) is 0 Å². The topological polar surface area (TPSA) is 24.1 Å². The number of alkyl halides is 2. The van der Waals surface area contributed by atoms with E-state index in [2.05, 4.69) is 10.6 Å². The zero-order chi connectivity index (χ0) is 16.2. The number of piperidine rings is 1. The highest BCUT2D eigenvalue weighted by atomic mass is 35.5. The molecule has 2 N–H and O–H groups in total. The Labute approximate surface area is 140 Å². The highest BCUT2D eigenvalue weighted by molar-refractivity contribution is 6.42. The molecule has 1 aromatic rings. The molecule has 1 aliphatic rings. The number of benzene rings is 1. The van der Waals surface area contributed by atoms with E-state index in [1.807, 2.05) is 18.2 Å². The molecule has 0 radical (unpaired) electrons. The molecule has 0 saturated carbocycles. The summed E-state index contributed by atoms with van der Waals surface area (Å²) in [6.45, 7) is 3.00. The van der Waals surface area contributed by atoms with Crippen LogP contribution in [0.15, 0.2) is 18.2 Å². The Bertz CT molecular complexity index is 497. The maximum absolute atomic E-state index is 12.9. The molecule has 22 heavy (non-hydrogen) atoms. The summed E-state index contributed by atoms with van der Waals surface area (Å²) in [5.74, 6) is -2.68. The summed E-state index contributed by atoms with van der Waals surface area (Å²) in [5, 5.41) is 7.34. The number of nitrogens with one attached hydrogen (secondary N) is 2. The van der Waals surface area contributed by atoms with Crippen LogP contribution in [0.1, 0.15) is 31.7 Å². The lowest BCUT2D eigenvalue weighted by Crippen LogP contribution is -2.45. The molecule has 2 rings (SSSR count). The largest absolute Gasteiger partial charge is 0.316 e. The van der Waals surface area contributed by atoms with Gasteiger partial charge in [0, 0.05) is 18.9 Å². The van der Waals surface area contributed by atoms with Crippen molar-refractivity contribution in [2.75, 3.05) is 26.2 Å². The summed E-state index contributed by atoms with van der Waals surface area (Å²) in [5.41, 5.74) is 1.04. The molecular formula is C16H22Cl2F2N2. The van der Waals surface area contributed by atoms with E-state index in [9.17, 15) is 8.78 Å². The van der Waals surface area contributed by atoms with Gasteiger partial charge in [0.15, 0.2) is 0 Å². The average molecular weight is 351 g/mol. The van der Waals surface area contributed by atoms with Crippen molar-refractivity contribution < 1.29 is 8.78 Å². The van der Waals surface area contributed by atoms with Gasteiger partial charge in [-0.15, -0.1) is 0 Å². The third kappa shape index (κ3) is 4.79. The second kappa shape index (κ2) is 7.43. The van der Waals surface area contributed by atoms with Crippen molar-refractivity contribution in [3.05, 3.63) is 33.8 Å². The summed E-state index contributed by atoms with van der Waals surface area (Å²) in [6, 6.07) is 5.71. The maximum Gasteiger partial charge on any atom is 0.257 e. The standard InChI is InChI=1S/C16H22Cl2F2N2/c1-15(19,20)10-22-8-6-16(5-2-7-21-11-16)12-3-4-13(17)14(18)9-12/h3-4,9,21-22H,2,5-8,10-11H2,1H3/t16-/m1/s1. The van der Waals surface area contributed by atoms with Crippen LogP contribution < -0.4 is 10.6 Å². The summed E-state index contributed by atoms with van der Waals surface area (Å²) in [4.78, 5) is 0. The van der Waals surface area contributed by atoms with Crippen LogP contribution in [0.2, 0.25) is 10.0 Å². The molecule has 0 aromatic heterocycles. The van der Waals surface area contributed by atoms with Crippen LogP contribution in [0.25, 0.3) is 0 Å². The molecule has 0 aliphatic carbocycles. The van der Waals surface area contributed by atoms with E-state index in [4.69, 9.17) is 23.2 Å². The van der Waals surface area contributed by atoms with Crippen molar-refractivity contribution in [1.82, 2.24) is 10.6 Å². The van der Waals surface area contributed by atoms with Crippen molar-refractivity contribution >= 4 is 23.2 Å². The lowest BCUT2D eigenvalue weighted by Gasteiger charge is -2.39. The van der Waals surface area contributed by atoms with Crippen molar-refractivity contribution in [3.8, 4) is 0 Å². The average Bonchev–Trinajstić information content (AvgIpc) is 2.46. The molecular weight excluding hydrogens is 329 g/mol. The van der Waals surface area contributed by atoms with E-state index in [1.165, 1.54) is 0 Å². The van der Waals surface area contributed by atoms with Crippen molar-refractivity contribution in [3.63, 3.8) is 0 Å². The minimum Gasteiger partial charge on any atom is -0.316 e. The number of hydrogen-bond acceptors (Lipinski definition) is 2. The Hall–Kier alpha value is -0.420. The Kier molecular flexibility index (Phi) is 6.06. The fourth-order valence-electron chi connectivity index (χ4n) is 3.03. The summed E-state index contributed by atoms with van der Waals surface area (Å²) >= 11 is 12.1. The highest BCUT2D eigenvalue weighted by Crippen LogP contribution is 2.37. The monoisotopic (exact) mass is 350 g/mol. The molecule has 1 heterocycles. The Morgan fingerprint density at radius 3 is 2.68 bits per heavy atom. The molecule has 0 amide bonds. The minimum absolute atomic E-state index is 0.0808. The van der Waals surface area contributed by atoms with Crippen molar-refractivity contribution in [2.45, 2.75) is 37.5 Å². The van der Waals surface area contributed by atoms with E-state index in [1.54, 1.807) is 0 Å². The molecule has 1 fully saturated rings. The van der Waals surface area contributed by atoms with Crippen LogP contribution in [0.4, 0.5) is 8.78 Å². The highest BCUT2D eigenvalue weighted by Gasteiger charge is 2.34. The Balaban J connectivity index is 2.08. The fourth-order valence-corrected chi connectivity index (χ4v) is 3.33. The van der Waals surface area contributed by atoms with Gasteiger partial charge in [0.1, 0.15) is 0 Å². The lowest BCUT2D eigenvalue weighted by atomic mass is 9.72. The third-order valence-corrected chi connectivity index (χ3v) is 4.96. The van der Waals surface area contributed by atoms with Gasteiger partial charge in [-0.1, -0.05) is 29.3 Å². The van der Waals surface area contributed by atoms with Gasteiger partial charge in [0.05, 0.1) is 16.6 Å². The van der Waals surface area contributed by atoms with Gasteiger partial charge in [-0.2, -0.15) is 0 Å². The Morgan fingerprint density at radius 2 is 2.09 bits per heavy atom. The minimum atomic E-state index is -2.68. The molecule has 1 aliphatic heterocycles. The first-order chi connectivity index (χ1) is 10.3. The van der Waals surface area contributed by atoms with E-state index >= 15 is 0 Å². The van der Waals surface area contributed by atoms with Crippen molar-refractivity contribution in [2.24, 2.45) is 0 Å². The molecule has 0 spiro atoms. The number of rotatable bonds is 6. The summed E-state index contributed by atoms with van der Waals surface area (Å²) in [7, 11) is 0. The van der Waals surface area contributed by atoms with E-state index in [0.717, 1.165) is 44.8 Å². The normalized spacial score (nSPS) is 22.8. The molecule has 0 unspecified atom stereocenters. The predicted octanol–water partition coefficient (Wildman–Crippen LogP) is 4.25. The molecule has 2 nitrogen and oxygen atoms in total. The molecule has 0 bridgehead atoms. The van der Waals surface area contributed by atoms with Gasteiger partial charge >= 0.3 is 0 Å². The first-order valence-corrected chi connectivity index (χ1v) is 8.33. The van der Waals surface area contributed by atoms with Gasteiger partial charge in [-0.25, -0.2) is 8.78 Å². The van der Waals surface area contributed by atoms with E-state index < -0.39 is 5.92 Å². The smallest absolute Gasteiger partial charge is 0.257 e. The molecule has 6 heteroatoms. The predicted molar refractivity (Wildman–Crippen MR) is 88.4 cm³/mol. The lowest BCUT2D eigenvalue weighted by molar-refractivity contribution is 0.0223. The maximum atomic E-state index is 12.9. The van der Waals surface area contributed by atoms with Gasteiger partial charge in [0.25, 0.3) is 5.92 Å².